The lowest BCUT2D eigenvalue weighted by molar-refractivity contribution is 0.536. The van der Waals surface area contributed by atoms with E-state index in [1.165, 1.54) is 0 Å². The Labute approximate surface area is 121 Å². The molecule has 0 saturated heterocycles. The molecule has 0 aromatic carbocycles. The standard InChI is InChI=1S/C14H17BrN4/c1-2-17-13(12-4-3-11(15)9-19-12)7-10-5-6-18-14(16)8-10/h3-6,8-9,13,17H,2,7H2,1H3,(H2,16,18). The lowest BCUT2D eigenvalue weighted by Crippen LogP contribution is -2.23. The highest BCUT2D eigenvalue weighted by Crippen LogP contribution is 2.19. The van der Waals surface area contributed by atoms with Gasteiger partial charge in [0, 0.05) is 16.9 Å². The highest BCUT2D eigenvalue weighted by atomic mass is 79.9. The summed E-state index contributed by atoms with van der Waals surface area (Å²) in [6.45, 7) is 2.98. The van der Waals surface area contributed by atoms with Crippen molar-refractivity contribution in [3.63, 3.8) is 0 Å². The van der Waals surface area contributed by atoms with Crippen molar-refractivity contribution in [2.45, 2.75) is 19.4 Å². The zero-order valence-corrected chi connectivity index (χ0v) is 12.4. The van der Waals surface area contributed by atoms with Crippen LogP contribution in [0.4, 0.5) is 5.82 Å². The maximum atomic E-state index is 5.71. The number of aromatic nitrogens is 2. The summed E-state index contributed by atoms with van der Waals surface area (Å²) >= 11 is 3.40. The summed E-state index contributed by atoms with van der Waals surface area (Å²) in [4.78, 5) is 8.47. The van der Waals surface area contributed by atoms with Crippen LogP contribution in [-0.4, -0.2) is 16.5 Å². The molecule has 2 rings (SSSR count). The zero-order chi connectivity index (χ0) is 13.7. The molecule has 0 aliphatic carbocycles. The molecule has 0 spiro atoms. The number of halogens is 1. The molecule has 19 heavy (non-hydrogen) atoms. The second-order valence-electron chi connectivity index (χ2n) is 4.30. The highest BCUT2D eigenvalue weighted by molar-refractivity contribution is 9.10. The van der Waals surface area contributed by atoms with Gasteiger partial charge in [-0.15, -0.1) is 0 Å². The van der Waals surface area contributed by atoms with Crippen molar-refractivity contribution < 1.29 is 0 Å². The van der Waals surface area contributed by atoms with E-state index in [4.69, 9.17) is 5.73 Å². The van der Waals surface area contributed by atoms with Crippen LogP contribution in [0.1, 0.15) is 24.2 Å². The second-order valence-corrected chi connectivity index (χ2v) is 5.22. The lowest BCUT2D eigenvalue weighted by Gasteiger charge is -2.17. The number of nitrogen functional groups attached to an aromatic ring is 1. The van der Waals surface area contributed by atoms with E-state index in [9.17, 15) is 0 Å². The highest BCUT2D eigenvalue weighted by Gasteiger charge is 2.12. The number of likely N-dealkylation sites (N-methyl/N-ethyl adjacent to an activating group) is 1. The van der Waals surface area contributed by atoms with Gasteiger partial charge >= 0.3 is 0 Å². The molecule has 4 nitrogen and oxygen atoms in total. The van der Waals surface area contributed by atoms with E-state index in [0.29, 0.717) is 5.82 Å². The Kier molecular flexibility index (Phi) is 4.87. The normalized spacial score (nSPS) is 12.3. The van der Waals surface area contributed by atoms with Crippen molar-refractivity contribution in [2.75, 3.05) is 12.3 Å². The van der Waals surface area contributed by atoms with Crippen molar-refractivity contribution in [3.8, 4) is 0 Å². The maximum absolute atomic E-state index is 5.71. The average molecular weight is 321 g/mol. The molecule has 100 valence electrons. The van der Waals surface area contributed by atoms with Crippen LogP contribution in [0.2, 0.25) is 0 Å². The largest absolute Gasteiger partial charge is 0.384 e. The minimum absolute atomic E-state index is 0.180. The lowest BCUT2D eigenvalue weighted by atomic mass is 10.0. The molecular weight excluding hydrogens is 304 g/mol. The Morgan fingerprint density at radius 1 is 1.32 bits per heavy atom. The number of pyridine rings is 2. The molecule has 0 saturated carbocycles. The Balaban J connectivity index is 2.18. The van der Waals surface area contributed by atoms with Gasteiger partial charge in [0.05, 0.1) is 11.7 Å². The summed E-state index contributed by atoms with van der Waals surface area (Å²) < 4.78 is 0.986. The first-order valence-corrected chi connectivity index (χ1v) is 7.03. The Hall–Kier alpha value is -1.46. The van der Waals surface area contributed by atoms with Crippen molar-refractivity contribution in [1.29, 1.82) is 0 Å². The van der Waals surface area contributed by atoms with E-state index in [0.717, 1.165) is 28.7 Å². The molecule has 0 bridgehead atoms. The smallest absolute Gasteiger partial charge is 0.123 e. The molecule has 2 aromatic heterocycles. The quantitative estimate of drug-likeness (QED) is 0.889. The number of nitrogens with two attached hydrogens (primary N) is 1. The van der Waals surface area contributed by atoms with Gasteiger partial charge in [-0.1, -0.05) is 6.92 Å². The van der Waals surface area contributed by atoms with Crippen molar-refractivity contribution >= 4 is 21.7 Å². The molecule has 1 atom stereocenters. The van der Waals surface area contributed by atoms with Crippen molar-refractivity contribution in [2.24, 2.45) is 0 Å². The predicted molar refractivity (Wildman–Crippen MR) is 80.7 cm³/mol. The van der Waals surface area contributed by atoms with E-state index in [1.807, 2.05) is 30.5 Å². The van der Waals surface area contributed by atoms with Crippen LogP contribution in [0.3, 0.4) is 0 Å². The number of anilines is 1. The monoisotopic (exact) mass is 320 g/mol. The summed E-state index contributed by atoms with van der Waals surface area (Å²) in [6, 6.07) is 8.11. The number of hydrogen-bond donors (Lipinski definition) is 2. The van der Waals surface area contributed by atoms with Gasteiger partial charge in [-0.2, -0.15) is 0 Å². The third-order valence-corrected chi connectivity index (χ3v) is 3.31. The molecule has 0 fully saturated rings. The van der Waals surface area contributed by atoms with Crippen LogP contribution < -0.4 is 11.1 Å². The minimum Gasteiger partial charge on any atom is -0.384 e. The third-order valence-electron chi connectivity index (χ3n) is 2.84. The van der Waals surface area contributed by atoms with Crippen LogP contribution in [0, 0.1) is 0 Å². The van der Waals surface area contributed by atoms with E-state index >= 15 is 0 Å². The van der Waals surface area contributed by atoms with E-state index in [-0.39, 0.29) is 6.04 Å². The Morgan fingerprint density at radius 2 is 2.16 bits per heavy atom. The minimum atomic E-state index is 0.180. The van der Waals surface area contributed by atoms with Gasteiger partial charge in [0.15, 0.2) is 0 Å². The molecule has 0 radical (unpaired) electrons. The van der Waals surface area contributed by atoms with Gasteiger partial charge in [-0.3, -0.25) is 4.98 Å². The van der Waals surface area contributed by atoms with Crippen LogP contribution in [0.25, 0.3) is 0 Å². The van der Waals surface area contributed by atoms with E-state index in [2.05, 4.69) is 38.1 Å². The molecule has 2 aromatic rings. The van der Waals surface area contributed by atoms with Crippen LogP contribution >= 0.6 is 15.9 Å². The van der Waals surface area contributed by atoms with E-state index < -0.39 is 0 Å². The van der Waals surface area contributed by atoms with Crippen LogP contribution in [0.15, 0.2) is 41.1 Å². The summed E-state index contributed by atoms with van der Waals surface area (Å²) in [5.41, 5.74) is 7.90. The fourth-order valence-corrected chi connectivity index (χ4v) is 2.21. The van der Waals surface area contributed by atoms with Gasteiger partial charge in [0.1, 0.15) is 5.82 Å². The van der Waals surface area contributed by atoms with Gasteiger partial charge < -0.3 is 11.1 Å². The van der Waals surface area contributed by atoms with E-state index in [1.54, 1.807) is 6.20 Å². The summed E-state index contributed by atoms with van der Waals surface area (Å²) in [6.07, 6.45) is 4.40. The fourth-order valence-electron chi connectivity index (χ4n) is 1.98. The zero-order valence-electron chi connectivity index (χ0n) is 10.8. The summed E-state index contributed by atoms with van der Waals surface area (Å²) in [5, 5.41) is 3.45. The first kappa shape index (κ1) is 14.0. The second kappa shape index (κ2) is 6.63. The van der Waals surface area contributed by atoms with Crippen molar-refractivity contribution in [1.82, 2.24) is 15.3 Å². The van der Waals surface area contributed by atoms with Gasteiger partial charge in [-0.05, 0) is 58.7 Å². The average Bonchev–Trinajstić information content (AvgIpc) is 2.39. The first-order valence-electron chi connectivity index (χ1n) is 6.24. The van der Waals surface area contributed by atoms with Gasteiger partial charge in [-0.25, -0.2) is 4.98 Å². The molecule has 0 aliphatic rings. The van der Waals surface area contributed by atoms with Gasteiger partial charge in [0.2, 0.25) is 0 Å². The SMILES string of the molecule is CCNC(Cc1ccnc(N)c1)c1ccc(Br)cn1. The molecule has 5 heteroatoms. The van der Waals surface area contributed by atoms with Crippen molar-refractivity contribution in [3.05, 3.63) is 52.4 Å². The Bertz CT molecular complexity index is 527. The molecule has 1 unspecified atom stereocenters. The molecule has 0 aliphatic heterocycles. The third kappa shape index (κ3) is 4.01. The fraction of sp³-hybridized carbons (Fsp3) is 0.286. The number of rotatable bonds is 5. The van der Waals surface area contributed by atoms with Gasteiger partial charge in [0.25, 0.3) is 0 Å². The first-order chi connectivity index (χ1) is 9.19. The maximum Gasteiger partial charge on any atom is 0.123 e. The molecule has 3 N–H and O–H groups in total. The number of nitrogens with one attached hydrogen (secondary N) is 1. The number of hydrogen-bond acceptors (Lipinski definition) is 4. The van der Waals surface area contributed by atoms with Crippen LogP contribution in [-0.2, 0) is 6.42 Å². The summed E-state index contributed by atoms with van der Waals surface area (Å²) in [7, 11) is 0. The molecular formula is C14H17BrN4. The molecule has 2 heterocycles. The summed E-state index contributed by atoms with van der Waals surface area (Å²) in [5.74, 6) is 0.552. The molecule has 0 amide bonds. The predicted octanol–water partition coefficient (Wildman–Crippen LogP) is 2.71. The number of nitrogens with zero attached hydrogens (tertiary/aromatic N) is 2. The topological polar surface area (TPSA) is 63.8 Å². The Morgan fingerprint density at radius 3 is 2.79 bits per heavy atom. The van der Waals surface area contributed by atoms with Crippen LogP contribution in [0.5, 0.6) is 0 Å².